The number of amides is 1. The van der Waals surface area contributed by atoms with E-state index < -0.39 is 0 Å². The van der Waals surface area contributed by atoms with Crippen LogP contribution in [0.1, 0.15) is 91.4 Å². The Hall–Kier alpha value is -0.0500. The fourth-order valence-corrected chi connectivity index (χ4v) is 3.44. The Kier molecular flexibility index (Phi) is 13.6. The molecular formula is C18H36BrNO. The van der Waals surface area contributed by atoms with Crippen molar-refractivity contribution in [2.45, 2.75) is 91.4 Å². The number of alkyl halides is 1. The van der Waals surface area contributed by atoms with Crippen LogP contribution in [0.25, 0.3) is 0 Å². The number of carbonyl (C=O) groups is 1. The van der Waals surface area contributed by atoms with E-state index in [-0.39, 0.29) is 11.3 Å². The first-order valence-corrected chi connectivity index (χ1v) is 9.96. The largest absolute Gasteiger partial charge is 0.356 e. The number of unbranched alkanes of at least 4 members (excludes halogenated alkanes) is 8. The second-order valence-corrected chi connectivity index (χ2v) is 7.75. The van der Waals surface area contributed by atoms with Gasteiger partial charge in [-0.2, -0.15) is 0 Å². The maximum atomic E-state index is 11.8. The van der Waals surface area contributed by atoms with Crippen molar-refractivity contribution in [1.29, 1.82) is 0 Å². The molecule has 0 bridgehead atoms. The molecule has 0 unspecified atom stereocenters. The van der Waals surface area contributed by atoms with E-state index in [0.29, 0.717) is 6.42 Å². The second kappa shape index (κ2) is 13.6. The molecule has 0 aromatic carbocycles. The Morgan fingerprint density at radius 1 is 0.952 bits per heavy atom. The minimum atomic E-state index is 0.192. The fraction of sp³-hybridized carbons (Fsp3) is 0.944. The van der Waals surface area contributed by atoms with Gasteiger partial charge in [-0.15, -0.1) is 0 Å². The van der Waals surface area contributed by atoms with Gasteiger partial charge in [0.15, 0.2) is 0 Å². The summed E-state index contributed by atoms with van der Waals surface area (Å²) in [5, 5.41) is 4.07. The van der Waals surface area contributed by atoms with Gasteiger partial charge in [-0.1, -0.05) is 88.1 Å². The Morgan fingerprint density at radius 3 is 2.00 bits per heavy atom. The Balaban J connectivity index is 3.38. The molecule has 0 heterocycles. The van der Waals surface area contributed by atoms with Crippen molar-refractivity contribution in [3.63, 3.8) is 0 Å². The van der Waals surface area contributed by atoms with E-state index in [9.17, 15) is 4.79 Å². The Labute approximate surface area is 141 Å². The molecule has 0 aliphatic rings. The number of rotatable bonds is 14. The zero-order valence-corrected chi connectivity index (χ0v) is 16.1. The Morgan fingerprint density at radius 2 is 1.48 bits per heavy atom. The summed E-state index contributed by atoms with van der Waals surface area (Å²) < 4.78 is 0. The van der Waals surface area contributed by atoms with Crippen LogP contribution < -0.4 is 5.32 Å². The van der Waals surface area contributed by atoms with Gasteiger partial charge in [-0.25, -0.2) is 0 Å². The standard InChI is InChI=1S/C18H36BrNO/c1-4-5-6-7-8-9-10-11-12-13-17(21)20-16-18(2,3)14-15-19/h4-16H2,1-3H3,(H,20,21). The van der Waals surface area contributed by atoms with Crippen molar-refractivity contribution in [1.82, 2.24) is 5.32 Å². The summed E-state index contributed by atoms with van der Waals surface area (Å²) in [6.45, 7) is 7.45. The van der Waals surface area contributed by atoms with Crippen LogP contribution >= 0.6 is 15.9 Å². The summed E-state index contributed by atoms with van der Waals surface area (Å²) >= 11 is 3.47. The predicted molar refractivity (Wildman–Crippen MR) is 97.0 cm³/mol. The van der Waals surface area contributed by atoms with E-state index in [1.807, 2.05) is 0 Å². The minimum Gasteiger partial charge on any atom is -0.356 e. The average Bonchev–Trinajstić information content (AvgIpc) is 2.43. The van der Waals surface area contributed by atoms with Crippen molar-refractivity contribution >= 4 is 21.8 Å². The van der Waals surface area contributed by atoms with Crippen molar-refractivity contribution in [3.05, 3.63) is 0 Å². The summed E-state index contributed by atoms with van der Waals surface area (Å²) in [5.74, 6) is 0.223. The van der Waals surface area contributed by atoms with E-state index in [4.69, 9.17) is 0 Å². The molecule has 0 aromatic heterocycles. The van der Waals surface area contributed by atoms with Crippen LogP contribution in [0.2, 0.25) is 0 Å². The molecule has 0 spiro atoms. The molecule has 0 aromatic rings. The molecule has 126 valence electrons. The minimum absolute atomic E-state index is 0.192. The van der Waals surface area contributed by atoms with Gasteiger partial charge in [0.25, 0.3) is 0 Å². The van der Waals surface area contributed by atoms with Crippen LogP contribution in [0.3, 0.4) is 0 Å². The maximum Gasteiger partial charge on any atom is 0.220 e. The smallest absolute Gasteiger partial charge is 0.220 e. The summed E-state index contributed by atoms with van der Waals surface area (Å²) in [5.41, 5.74) is 0.192. The average molecular weight is 362 g/mol. The zero-order chi connectivity index (χ0) is 16.0. The lowest BCUT2D eigenvalue weighted by molar-refractivity contribution is -0.121. The highest BCUT2D eigenvalue weighted by Gasteiger charge is 2.17. The number of hydrogen-bond donors (Lipinski definition) is 1. The third-order valence-corrected chi connectivity index (χ3v) is 4.44. The van der Waals surface area contributed by atoms with E-state index >= 15 is 0 Å². The predicted octanol–water partition coefficient (Wildman–Crippen LogP) is 5.83. The molecule has 0 saturated heterocycles. The van der Waals surface area contributed by atoms with Crippen LogP contribution in [0.5, 0.6) is 0 Å². The lowest BCUT2D eigenvalue weighted by atomic mass is 9.90. The highest BCUT2D eigenvalue weighted by atomic mass is 79.9. The number of hydrogen-bond acceptors (Lipinski definition) is 1. The molecule has 3 heteroatoms. The van der Waals surface area contributed by atoms with Crippen molar-refractivity contribution < 1.29 is 4.79 Å². The summed E-state index contributed by atoms with van der Waals surface area (Å²) in [6.07, 6.45) is 13.5. The summed E-state index contributed by atoms with van der Waals surface area (Å²) in [4.78, 5) is 11.8. The summed E-state index contributed by atoms with van der Waals surface area (Å²) in [6, 6.07) is 0. The molecule has 1 amide bonds. The monoisotopic (exact) mass is 361 g/mol. The topological polar surface area (TPSA) is 29.1 Å². The molecule has 0 fully saturated rings. The lowest BCUT2D eigenvalue weighted by Crippen LogP contribution is -2.34. The highest BCUT2D eigenvalue weighted by molar-refractivity contribution is 9.09. The zero-order valence-electron chi connectivity index (χ0n) is 14.5. The van der Waals surface area contributed by atoms with E-state index in [1.54, 1.807) is 0 Å². The third kappa shape index (κ3) is 14.6. The molecule has 1 N–H and O–H groups in total. The molecule has 0 rings (SSSR count). The molecule has 21 heavy (non-hydrogen) atoms. The molecule has 0 atom stereocenters. The van der Waals surface area contributed by atoms with Crippen molar-refractivity contribution in [3.8, 4) is 0 Å². The van der Waals surface area contributed by atoms with E-state index in [1.165, 1.54) is 51.4 Å². The van der Waals surface area contributed by atoms with Crippen LogP contribution in [0, 0.1) is 5.41 Å². The molecular weight excluding hydrogens is 326 g/mol. The van der Waals surface area contributed by atoms with Gasteiger partial charge in [0.2, 0.25) is 5.91 Å². The Bertz CT molecular complexity index is 254. The first kappa shape index (κ1) is 20.9. The first-order chi connectivity index (χ1) is 10.0. The van der Waals surface area contributed by atoms with Gasteiger partial charge in [-0.05, 0) is 18.3 Å². The van der Waals surface area contributed by atoms with Crippen LogP contribution in [0.4, 0.5) is 0 Å². The third-order valence-electron chi connectivity index (χ3n) is 4.04. The SMILES string of the molecule is CCCCCCCCCCCC(=O)NCC(C)(C)CCBr. The van der Waals surface area contributed by atoms with Crippen molar-refractivity contribution in [2.24, 2.45) is 5.41 Å². The molecule has 0 radical (unpaired) electrons. The van der Waals surface area contributed by atoms with E-state index in [0.717, 1.165) is 24.7 Å². The van der Waals surface area contributed by atoms with Gasteiger partial charge >= 0.3 is 0 Å². The normalized spacial score (nSPS) is 11.6. The number of halogens is 1. The lowest BCUT2D eigenvalue weighted by Gasteiger charge is -2.23. The number of nitrogens with one attached hydrogen (secondary N) is 1. The molecule has 2 nitrogen and oxygen atoms in total. The molecule has 0 saturated carbocycles. The van der Waals surface area contributed by atoms with Crippen LogP contribution in [-0.2, 0) is 4.79 Å². The summed E-state index contributed by atoms with van der Waals surface area (Å²) in [7, 11) is 0. The quantitative estimate of drug-likeness (QED) is 0.305. The molecule has 0 aliphatic carbocycles. The fourth-order valence-electron chi connectivity index (χ4n) is 2.37. The van der Waals surface area contributed by atoms with Gasteiger partial charge in [0.1, 0.15) is 0 Å². The maximum absolute atomic E-state index is 11.8. The van der Waals surface area contributed by atoms with Crippen LogP contribution in [-0.4, -0.2) is 17.8 Å². The molecule has 0 aliphatic heterocycles. The second-order valence-electron chi connectivity index (χ2n) is 6.96. The highest BCUT2D eigenvalue weighted by Crippen LogP contribution is 2.20. The van der Waals surface area contributed by atoms with Crippen molar-refractivity contribution in [2.75, 3.05) is 11.9 Å². The van der Waals surface area contributed by atoms with Crippen LogP contribution in [0.15, 0.2) is 0 Å². The van der Waals surface area contributed by atoms with Gasteiger partial charge in [0, 0.05) is 18.3 Å². The number of carbonyl (C=O) groups excluding carboxylic acids is 1. The van der Waals surface area contributed by atoms with Gasteiger partial charge in [0.05, 0.1) is 0 Å². The first-order valence-electron chi connectivity index (χ1n) is 8.84. The van der Waals surface area contributed by atoms with Gasteiger partial charge < -0.3 is 5.32 Å². The van der Waals surface area contributed by atoms with E-state index in [2.05, 4.69) is 42.0 Å². The van der Waals surface area contributed by atoms with Gasteiger partial charge in [-0.3, -0.25) is 4.79 Å².